The van der Waals surface area contributed by atoms with Gasteiger partial charge in [0.25, 0.3) is 0 Å². The van der Waals surface area contributed by atoms with Gasteiger partial charge in [-0.2, -0.15) is 0 Å². The minimum absolute atomic E-state index is 0.165. The lowest BCUT2D eigenvalue weighted by Gasteiger charge is -2.05. The number of nitrogens with one attached hydrogen (secondary N) is 1. The number of benzene rings is 1. The largest absolute Gasteiger partial charge is 0.494 e. The van der Waals surface area contributed by atoms with Crippen LogP contribution < -0.4 is 10.1 Å². The summed E-state index contributed by atoms with van der Waals surface area (Å²) in [7, 11) is 5.65. The quantitative estimate of drug-likeness (QED) is 0.275. The van der Waals surface area contributed by atoms with Gasteiger partial charge in [0.15, 0.2) is 0 Å². The summed E-state index contributed by atoms with van der Waals surface area (Å²) in [6.07, 6.45) is 5.62. The summed E-state index contributed by atoms with van der Waals surface area (Å²) in [5.74, 6) is 3.11. The van der Waals surface area contributed by atoms with Crippen molar-refractivity contribution in [2.75, 3.05) is 38.3 Å². The van der Waals surface area contributed by atoms with Gasteiger partial charge in [0.2, 0.25) is 0 Å². The number of ether oxygens (including phenoxy) is 2. The summed E-state index contributed by atoms with van der Waals surface area (Å²) in [6, 6.07) is 8.40. The predicted molar refractivity (Wildman–Crippen MR) is 110 cm³/mol. The Morgan fingerprint density at radius 2 is 1.76 bits per heavy atom. The van der Waals surface area contributed by atoms with E-state index in [0.717, 1.165) is 30.8 Å². The molecule has 142 valence electrons. The van der Waals surface area contributed by atoms with Crippen LogP contribution in [-0.4, -0.2) is 44.3 Å². The van der Waals surface area contributed by atoms with E-state index in [1.807, 2.05) is 40.6 Å². The van der Waals surface area contributed by atoms with E-state index in [1.165, 1.54) is 24.2 Å². The molecule has 1 aromatic carbocycles. The normalized spacial score (nSPS) is 10.6. The van der Waals surface area contributed by atoms with Gasteiger partial charge in [0.05, 0.1) is 19.8 Å². The van der Waals surface area contributed by atoms with Gasteiger partial charge in [-0.05, 0) is 50.9 Å². The van der Waals surface area contributed by atoms with Crippen LogP contribution in [0.1, 0.15) is 38.2 Å². The molecular formula is C19H31NO3S2. The van der Waals surface area contributed by atoms with Gasteiger partial charge in [-0.15, -0.1) is 0 Å². The molecular weight excluding hydrogens is 354 g/mol. The zero-order valence-electron chi connectivity index (χ0n) is 15.4. The standard InChI is InChI=1S/C19H31NO3S2/c1-3-22-18-10-8-17(9-11-18)12-15-25-24-14-7-5-4-6-13-23-19(21)16-20-2/h8-11,20H,3-7,12-16H2,1-2H3. The number of carbonyl (C=O) groups is 1. The molecule has 0 aliphatic rings. The van der Waals surface area contributed by atoms with Crippen molar-refractivity contribution in [2.45, 2.75) is 39.0 Å². The number of rotatable bonds is 15. The van der Waals surface area contributed by atoms with Crippen molar-refractivity contribution in [1.82, 2.24) is 5.32 Å². The number of hydrogen-bond acceptors (Lipinski definition) is 6. The van der Waals surface area contributed by atoms with E-state index in [1.54, 1.807) is 7.05 Å². The molecule has 0 aliphatic carbocycles. The second-order valence-corrected chi connectivity index (χ2v) is 8.34. The molecule has 1 N–H and O–H groups in total. The lowest BCUT2D eigenvalue weighted by Crippen LogP contribution is -2.21. The topological polar surface area (TPSA) is 47.6 Å². The number of hydrogen-bond donors (Lipinski definition) is 1. The Balaban J connectivity index is 1.88. The fourth-order valence-corrected chi connectivity index (χ4v) is 4.38. The van der Waals surface area contributed by atoms with Crippen molar-refractivity contribution in [3.05, 3.63) is 29.8 Å². The van der Waals surface area contributed by atoms with E-state index < -0.39 is 0 Å². The number of likely N-dealkylation sites (N-methyl/N-ethyl adjacent to an activating group) is 1. The minimum atomic E-state index is -0.165. The maximum absolute atomic E-state index is 11.1. The highest BCUT2D eigenvalue weighted by atomic mass is 33.1. The summed E-state index contributed by atoms with van der Waals surface area (Å²) in [5.41, 5.74) is 1.37. The molecule has 0 aliphatic heterocycles. The van der Waals surface area contributed by atoms with Crippen LogP contribution in [0.4, 0.5) is 0 Å². The van der Waals surface area contributed by atoms with E-state index in [-0.39, 0.29) is 5.97 Å². The van der Waals surface area contributed by atoms with Gasteiger partial charge >= 0.3 is 5.97 Å². The van der Waals surface area contributed by atoms with Crippen molar-refractivity contribution in [2.24, 2.45) is 0 Å². The highest BCUT2D eigenvalue weighted by molar-refractivity contribution is 8.76. The van der Waals surface area contributed by atoms with Gasteiger partial charge in [0, 0.05) is 11.5 Å². The Hall–Kier alpha value is -0.850. The highest BCUT2D eigenvalue weighted by Crippen LogP contribution is 2.24. The summed E-state index contributed by atoms with van der Waals surface area (Å²) in [6.45, 7) is 3.56. The van der Waals surface area contributed by atoms with Crippen LogP contribution in [0.5, 0.6) is 5.75 Å². The smallest absolute Gasteiger partial charge is 0.319 e. The fraction of sp³-hybridized carbons (Fsp3) is 0.632. The van der Waals surface area contributed by atoms with Crippen LogP contribution >= 0.6 is 21.6 Å². The van der Waals surface area contributed by atoms with Crippen molar-refractivity contribution < 1.29 is 14.3 Å². The van der Waals surface area contributed by atoms with E-state index in [0.29, 0.717) is 19.8 Å². The molecule has 0 aromatic heterocycles. The summed E-state index contributed by atoms with van der Waals surface area (Å²) in [5, 5.41) is 2.79. The first kappa shape index (κ1) is 22.2. The van der Waals surface area contributed by atoms with E-state index in [4.69, 9.17) is 9.47 Å². The van der Waals surface area contributed by atoms with Gasteiger partial charge in [-0.3, -0.25) is 4.79 Å². The SMILES string of the molecule is CCOc1ccc(CCSSCCCCCCOC(=O)CNC)cc1. The molecule has 0 bridgehead atoms. The molecule has 1 aromatic rings. The predicted octanol–water partition coefficient (Wildman–Crippen LogP) is 4.33. The summed E-state index contributed by atoms with van der Waals surface area (Å²) < 4.78 is 10.5. The van der Waals surface area contributed by atoms with Crippen LogP contribution in [0.25, 0.3) is 0 Å². The van der Waals surface area contributed by atoms with Crippen molar-refractivity contribution in [1.29, 1.82) is 0 Å². The number of unbranched alkanes of at least 4 members (excludes halogenated alkanes) is 3. The van der Waals surface area contributed by atoms with Crippen LogP contribution in [0.15, 0.2) is 24.3 Å². The Bertz CT molecular complexity index is 454. The molecule has 25 heavy (non-hydrogen) atoms. The van der Waals surface area contributed by atoms with E-state index in [9.17, 15) is 4.79 Å². The molecule has 6 heteroatoms. The second kappa shape index (κ2) is 15.4. The number of aryl methyl sites for hydroxylation is 1. The van der Waals surface area contributed by atoms with Crippen LogP contribution in [0, 0.1) is 0 Å². The molecule has 1 rings (SSSR count). The molecule has 0 saturated carbocycles. The fourth-order valence-electron chi connectivity index (χ4n) is 2.19. The Morgan fingerprint density at radius 1 is 1.04 bits per heavy atom. The molecule has 0 unspecified atom stereocenters. The molecule has 0 atom stereocenters. The molecule has 0 heterocycles. The number of carbonyl (C=O) groups excluding carboxylic acids is 1. The van der Waals surface area contributed by atoms with Crippen LogP contribution in [-0.2, 0) is 16.0 Å². The van der Waals surface area contributed by atoms with E-state index >= 15 is 0 Å². The van der Waals surface area contributed by atoms with Gasteiger partial charge in [-0.1, -0.05) is 46.6 Å². The third-order valence-corrected chi connectivity index (χ3v) is 5.99. The Kier molecular flexibility index (Phi) is 13.7. The first-order chi connectivity index (χ1) is 12.3. The third-order valence-electron chi connectivity index (χ3n) is 3.50. The molecule has 4 nitrogen and oxygen atoms in total. The highest BCUT2D eigenvalue weighted by Gasteiger charge is 2.00. The average molecular weight is 386 g/mol. The molecule has 0 amide bonds. The van der Waals surface area contributed by atoms with Crippen molar-refractivity contribution in [3.8, 4) is 5.75 Å². The van der Waals surface area contributed by atoms with Gasteiger partial charge in [-0.25, -0.2) is 0 Å². The first-order valence-corrected chi connectivity index (χ1v) is 11.5. The van der Waals surface area contributed by atoms with Crippen molar-refractivity contribution in [3.63, 3.8) is 0 Å². The van der Waals surface area contributed by atoms with Crippen LogP contribution in [0.3, 0.4) is 0 Å². The lowest BCUT2D eigenvalue weighted by atomic mass is 10.2. The molecule has 0 radical (unpaired) electrons. The zero-order chi connectivity index (χ0) is 18.2. The maximum Gasteiger partial charge on any atom is 0.319 e. The Labute approximate surface area is 160 Å². The lowest BCUT2D eigenvalue weighted by molar-refractivity contribution is -0.142. The Morgan fingerprint density at radius 3 is 2.48 bits per heavy atom. The monoisotopic (exact) mass is 385 g/mol. The second-order valence-electron chi connectivity index (χ2n) is 5.64. The maximum atomic E-state index is 11.1. The van der Waals surface area contributed by atoms with Gasteiger partial charge < -0.3 is 14.8 Å². The minimum Gasteiger partial charge on any atom is -0.494 e. The molecule has 0 saturated heterocycles. The number of esters is 1. The van der Waals surface area contributed by atoms with E-state index in [2.05, 4.69) is 17.4 Å². The average Bonchev–Trinajstić information content (AvgIpc) is 2.61. The zero-order valence-corrected chi connectivity index (χ0v) is 17.1. The summed E-state index contributed by atoms with van der Waals surface area (Å²) >= 11 is 0. The third kappa shape index (κ3) is 12.2. The van der Waals surface area contributed by atoms with Gasteiger partial charge in [0.1, 0.15) is 5.75 Å². The molecule has 0 fully saturated rings. The first-order valence-electron chi connectivity index (χ1n) is 9.02. The van der Waals surface area contributed by atoms with Crippen LogP contribution in [0.2, 0.25) is 0 Å². The summed E-state index contributed by atoms with van der Waals surface area (Å²) in [4.78, 5) is 11.1. The van der Waals surface area contributed by atoms with Crippen molar-refractivity contribution >= 4 is 27.6 Å². The molecule has 0 spiro atoms.